The fourth-order valence-corrected chi connectivity index (χ4v) is 3.67. The minimum Gasteiger partial charge on any atom is -0.618 e. The van der Waals surface area contributed by atoms with Gasteiger partial charge in [-0.2, -0.15) is 9.83 Å². The molecule has 0 bridgehead atoms. The first-order valence-corrected chi connectivity index (χ1v) is 9.55. The maximum Gasteiger partial charge on any atom is 0.321 e. The van der Waals surface area contributed by atoms with Gasteiger partial charge in [0.25, 0.3) is 5.69 Å². The first-order valence-electron chi connectivity index (χ1n) is 9.55. The van der Waals surface area contributed by atoms with E-state index < -0.39 is 5.91 Å². The Bertz CT molecular complexity index is 1100. The summed E-state index contributed by atoms with van der Waals surface area (Å²) >= 11 is 0. The Balaban J connectivity index is 1.64. The molecule has 1 amide bonds. The lowest BCUT2D eigenvalue weighted by molar-refractivity contribution is -0.614. The average Bonchev–Trinajstić information content (AvgIpc) is 3.12. The molecule has 1 saturated carbocycles. The summed E-state index contributed by atoms with van der Waals surface area (Å²) in [4.78, 5) is 24.1. The number of benzene rings is 1. The highest BCUT2D eigenvalue weighted by Crippen LogP contribution is 2.32. The van der Waals surface area contributed by atoms with Crippen LogP contribution in [-0.2, 0) is 4.79 Å². The minimum atomic E-state index is -0.514. The third-order valence-electron chi connectivity index (χ3n) is 5.34. The Morgan fingerprint density at radius 3 is 2.79 bits per heavy atom. The minimum absolute atomic E-state index is 0.00900. The fraction of sp³-hybridized carbons (Fsp3) is 0.333. The molecule has 0 unspecified atom stereocenters. The number of aromatic nitrogens is 3. The third-order valence-corrected chi connectivity index (χ3v) is 5.34. The molecule has 3 aromatic rings. The van der Waals surface area contributed by atoms with Crippen molar-refractivity contribution in [3.05, 3.63) is 53.1 Å². The van der Waals surface area contributed by atoms with E-state index in [2.05, 4.69) is 10.4 Å². The van der Waals surface area contributed by atoms with Crippen LogP contribution in [0.2, 0.25) is 0 Å². The molecule has 0 atom stereocenters. The van der Waals surface area contributed by atoms with Crippen molar-refractivity contribution in [3.8, 4) is 5.75 Å². The Hall–Kier alpha value is -3.42. The molecule has 0 saturated heterocycles. The number of fused-ring (bicyclic) bond motifs is 1. The first kappa shape index (κ1) is 18.9. The van der Waals surface area contributed by atoms with Crippen LogP contribution in [0.4, 0.5) is 5.69 Å². The molecule has 0 radical (unpaired) electrons. The second kappa shape index (κ2) is 7.54. The van der Waals surface area contributed by atoms with E-state index in [1.54, 1.807) is 31.2 Å². The van der Waals surface area contributed by atoms with Crippen molar-refractivity contribution in [2.75, 3.05) is 12.4 Å². The molecule has 1 fully saturated rings. The monoisotopic (exact) mass is 394 g/mol. The van der Waals surface area contributed by atoms with Crippen LogP contribution in [0.15, 0.2) is 36.5 Å². The van der Waals surface area contributed by atoms with Crippen molar-refractivity contribution in [3.63, 3.8) is 0 Å². The predicted molar refractivity (Wildman–Crippen MR) is 107 cm³/mol. The summed E-state index contributed by atoms with van der Waals surface area (Å²) in [6, 6.07) is 8.52. The average molecular weight is 394 g/mol. The van der Waals surface area contributed by atoms with E-state index in [1.807, 2.05) is 10.9 Å². The molecule has 1 aliphatic carbocycles. The van der Waals surface area contributed by atoms with Gasteiger partial charge in [-0.25, -0.2) is 0 Å². The van der Waals surface area contributed by atoms with Crippen LogP contribution in [0.25, 0.3) is 10.9 Å². The number of hydrogen-bond acceptors (Lipinski definition) is 5. The van der Waals surface area contributed by atoms with Gasteiger partial charge in [0.1, 0.15) is 11.5 Å². The van der Waals surface area contributed by atoms with Crippen molar-refractivity contribution >= 4 is 28.3 Å². The van der Waals surface area contributed by atoms with E-state index in [0.717, 1.165) is 23.7 Å². The normalized spacial score (nSPS) is 14.9. The van der Waals surface area contributed by atoms with Crippen LogP contribution in [0.1, 0.15) is 47.9 Å². The fourth-order valence-electron chi connectivity index (χ4n) is 3.67. The molecular weight excluding hydrogens is 372 g/mol. The van der Waals surface area contributed by atoms with E-state index in [1.165, 1.54) is 13.2 Å². The van der Waals surface area contributed by atoms with Gasteiger partial charge in [-0.15, -0.1) is 0 Å². The highest BCUT2D eigenvalue weighted by Gasteiger charge is 2.23. The van der Waals surface area contributed by atoms with Crippen LogP contribution < -0.4 is 14.8 Å². The van der Waals surface area contributed by atoms with Crippen molar-refractivity contribution in [1.82, 2.24) is 9.78 Å². The highest BCUT2D eigenvalue weighted by atomic mass is 16.5. The van der Waals surface area contributed by atoms with Gasteiger partial charge in [-0.1, -0.05) is 0 Å². The number of anilines is 1. The van der Waals surface area contributed by atoms with Crippen molar-refractivity contribution in [2.45, 2.75) is 38.6 Å². The maximum absolute atomic E-state index is 12.6. The van der Waals surface area contributed by atoms with Crippen LogP contribution in [0.5, 0.6) is 5.75 Å². The summed E-state index contributed by atoms with van der Waals surface area (Å²) in [5.74, 6) is 0.246. The molecule has 1 aliphatic rings. The van der Waals surface area contributed by atoms with Gasteiger partial charge < -0.3 is 15.3 Å². The van der Waals surface area contributed by atoms with E-state index >= 15 is 0 Å². The Labute approximate surface area is 167 Å². The van der Waals surface area contributed by atoms with Gasteiger partial charge in [-0.05, 0) is 25.0 Å². The standard InChI is InChI=1S/C21H22N4O4/c1-13-4-3-5-19(25(13)28)21(27)22-18-10-14-12-24(15-6-8-16(26)9-7-15)23-17(14)11-20(18)29-2/h3-5,10-12,15H,6-9H2,1-2H3,(H,22,27). The number of aryl methyl sites for hydroxylation is 1. The lowest BCUT2D eigenvalue weighted by Gasteiger charge is -2.20. The smallest absolute Gasteiger partial charge is 0.321 e. The molecule has 1 N–H and O–H groups in total. The second-order valence-electron chi connectivity index (χ2n) is 7.29. The summed E-state index contributed by atoms with van der Waals surface area (Å²) in [6.07, 6.45) is 4.65. The van der Waals surface area contributed by atoms with Gasteiger partial charge in [0.2, 0.25) is 0 Å². The van der Waals surface area contributed by atoms with Crippen LogP contribution in [0.3, 0.4) is 0 Å². The topological polar surface area (TPSA) is 100 Å². The van der Waals surface area contributed by atoms with Gasteiger partial charge in [-0.3, -0.25) is 14.3 Å². The number of pyridine rings is 1. The quantitative estimate of drug-likeness (QED) is 0.542. The number of ether oxygens (including phenoxy) is 1. The van der Waals surface area contributed by atoms with Crippen LogP contribution in [-0.4, -0.2) is 28.6 Å². The highest BCUT2D eigenvalue weighted by molar-refractivity contribution is 6.04. The summed E-state index contributed by atoms with van der Waals surface area (Å²) in [6.45, 7) is 1.64. The molecule has 4 rings (SSSR count). The molecule has 1 aromatic carbocycles. The van der Waals surface area contributed by atoms with Gasteiger partial charge >= 0.3 is 5.91 Å². The van der Waals surface area contributed by atoms with E-state index in [4.69, 9.17) is 4.74 Å². The molecule has 0 aliphatic heterocycles. The molecule has 2 aromatic heterocycles. The molecule has 150 valence electrons. The number of carbonyl (C=O) groups is 2. The van der Waals surface area contributed by atoms with E-state index in [0.29, 0.717) is 40.5 Å². The summed E-state index contributed by atoms with van der Waals surface area (Å²) < 4.78 is 7.92. The van der Waals surface area contributed by atoms with Crippen LogP contribution >= 0.6 is 0 Å². The number of methoxy groups -OCH3 is 1. The number of hydrogen-bond donors (Lipinski definition) is 1. The number of amides is 1. The van der Waals surface area contributed by atoms with Gasteiger partial charge in [0.15, 0.2) is 5.69 Å². The summed E-state index contributed by atoms with van der Waals surface area (Å²) in [5, 5.41) is 20.4. The predicted octanol–water partition coefficient (Wildman–Crippen LogP) is 2.92. The second-order valence-corrected chi connectivity index (χ2v) is 7.29. The van der Waals surface area contributed by atoms with Crippen molar-refractivity contribution < 1.29 is 19.1 Å². The number of ketones is 1. The third kappa shape index (κ3) is 3.65. The lowest BCUT2D eigenvalue weighted by atomic mass is 9.95. The zero-order valence-electron chi connectivity index (χ0n) is 16.3. The van der Waals surface area contributed by atoms with Gasteiger partial charge in [0, 0.05) is 49.5 Å². The lowest BCUT2D eigenvalue weighted by Crippen LogP contribution is -2.39. The molecular formula is C21H22N4O4. The van der Waals surface area contributed by atoms with Crippen LogP contribution in [0, 0.1) is 12.1 Å². The number of nitrogens with zero attached hydrogens (tertiary/aromatic N) is 3. The number of Topliss-reactive ketones (excluding diaryl/α,β-unsaturated/α-hetero) is 1. The van der Waals surface area contributed by atoms with E-state index in [-0.39, 0.29) is 11.7 Å². The molecule has 29 heavy (non-hydrogen) atoms. The Kier molecular flexibility index (Phi) is 4.92. The first-order chi connectivity index (χ1) is 14.0. The summed E-state index contributed by atoms with van der Waals surface area (Å²) in [5.41, 5.74) is 1.65. The molecule has 0 spiro atoms. The zero-order valence-corrected chi connectivity index (χ0v) is 16.3. The number of carbonyl (C=O) groups excluding carboxylic acids is 2. The van der Waals surface area contributed by atoms with E-state index in [9.17, 15) is 14.8 Å². The molecule has 8 nitrogen and oxygen atoms in total. The van der Waals surface area contributed by atoms with Crippen molar-refractivity contribution in [1.29, 1.82) is 0 Å². The largest absolute Gasteiger partial charge is 0.618 e. The molecule has 2 heterocycles. The maximum atomic E-state index is 12.6. The van der Waals surface area contributed by atoms with Crippen molar-refractivity contribution in [2.24, 2.45) is 0 Å². The SMILES string of the molecule is COc1cc2nn(C3CCC(=O)CC3)cc2cc1NC(=O)c1cccc(C)[n+]1[O-]. The Morgan fingerprint density at radius 2 is 2.07 bits per heavy atom. The van der Waals surface area contributed by atoms with Gasteiger partial charge in [0.05, 0.1) is 24.4 Å². The summed E-state index contributed by atoms with van der Waals surface area (Å²) in [7, 11) is 1.51. The zero-order chi connectivity index (χ0) is 20.5. The number of nitrogens with one attached hydrogen (secondary N) is 1. The number of rotatable bonds is 4. The molecule has 8 heteroatoms. The Morgan fingerprint density at radius 1 is 1.31 bits per heavy atom.